The van der Waals surface area contributed by atoms with Gasteiger partial charge in [0.2, 0.25) is 0 Å². The third kappa shape index (κ3) is 3.18. The van der Waals surface area contributed by atoms with Crippen molar-refractivity contribution in [2.75, 3.05) is 0 Å². The summed E-state index contributed by atoms with van der Waals surface area (Å²) in [7, 11) is 0. The molecule has 0 aliphatic carbocycles. The summed E-state index contributed by atoms with van der Waals surface area (Å²) in [5.41, 5.74) is 5.50. The van der Waals surface area contributed by atoms with Crippen LogP contribution in [0, 0.1) is 0 Å². The zero-order chi connectivity index (χ0) is 17.1. The van der Waals surface area contributed by atoms with Gasteiger partial charge in [-0.15, -0.1) is 0 Å². The molecule has 0 saturated carbocycles. The highest BCUT2D eigenvalue weighted by Gasteiger charge is 2.11. The largest absolute Gasteiger partial charge is 0.295 e. The molecule has 0 atom stereocenters. The number of Topliss-reactive ketones (excluding diaryl/α,β-unsaturated/α-hetero) is 2. The Hall–Kier alpha value is -3.00. The maximum Gasteiger partial charge on any atom is 0.159 e. The molecule has 0 aromatic heterocycles. The first kappa shape index (κ1) is 15.9. The van der Waals surface area contributed by atoms with Crippen molar-refractivity contribution in [3.05, 3.63) is 83.9 Å². The Bertz CT molecular complexity index is 891. The molecular weight excluding hydrogens is 296 g/mol. The summed E-state index contributed by atoms with van der Waals surface area (Å²) < 4.78 is 0. The highest BCUT2D eigenvalue weighted by Crippen LogP contribution is 2.33. The van der Waals surface area contributed by atoms with Crippen molar-refractivity contribution in [2.24, 2.45) is 0 Å². The lowest BCUT2D eigenvalue weighted by molar-refractivity contribution is 0.100. The maximum absolute atomic E-state index is 11.8. The standard InChI is InChI=1S/C22H18O2/c1-15(23)17-8-10-19(11-9-17)22-14-20(16(2)24)12-13-21(22)18-6-4-3-5-7-18/h3-14H,1-2H3. The molecule has 0 aliphatic rings. The molecule has 3 aromatic carbocycles. The Labute approximate surface area is 141 Å². The third-order valence-electron chi connectivity index (χ3n) is 4.11. The van der Waals surface area contributed by atoms with Gasteiger partial charge in [-0.3, -0.25) is 9.59 Å². The van der Waals surface area contributed by atoms with Gasteiger partial charge in [-0.2, -0.15) is 0 Å². The summed E-state index contributed by atoms with van der Waals surface area (Å²) in [4.78, 5) is 23.3. The van der Waals surface area contributed by atoms with Crippen molar-refractivity contribution < 1.29 is 9.59 Å². The topological polar surface area (TPSA) is 34.1 Å². The minimum atomic E-state index is 0.0382. The monoisotopic (exact) mass is 314 g/mol. The summed E-state index contributed by atoms with van der Waals surface area (Å²) in [6.07, 6.45) is 0. The predicted octanol–water partition coefficient (Wildman–Crippen LogP) is 5.43. The molecule has 2 heteroatoms. The van der Waals surface area contributed by atoms with Gasteiger partial charge in [-0.05, 0) is 42.2 Å². The van der Waals surface area contributed by atoms with E-state index in [2.05, 4.69) is 12.1 Å². The number of rotatable bonds is 4. The number of ketones is 2. The van der Waals surface area contributed by atoms with Gasteiger partial charge in [-0.25, -0.2) is 0 Å². The van der Waals surface area contributed by atoms with Crippen LogP contribution in [0.15, 0.2) is 72.8 Å². The third-order valence-corrected chi connectivity index (χ3v) is 4.11. The molecule has 3 rings (SSSR count). The quantitative estimate of drug-likeness (QED) is 0.602. The van der Waals surface area contributed by atoms with Crippen molar-refractivity contribution in [3.8, 4) is 22.3 Å². The second-order valence-corrected chi connectivity index (χ2v) is 5.82. The summed E-state index contributed by atoms with van der Waals surface area (Å²) in [6, 6.07) is 23.4. The van der Waals surface area contributed by atoms with Crippen LogP contribution in [0.3, 0.4) is 0 Å². The maximum atomic E-state index is 11.8. The molecule has 0 amide bonds. The first-order valence-electron chi connectivity index (χ1n) is 7.88. The first-order chi connectivity index (χ1) is 11.6. The average Bonchev–Trinajstić information content (AvgIpc) is 2.62. The molecule has 0 aliphatic heterocycles. The second kappa shape index (κ2) is 6.63. The van der Waals surface area contributed by atoms with Gasteiger partial charge in [0.05, 0.1) is 0 Å². The van der Waals surface area contributed by atoms with E-state index >= 15 is 0 Å². The molecular formula is C22H18O2. The Kier molecular flexibility index (Phi) is 4.39. The second-order valence-electron chi connectivity index (χ2n) is 5.82. The van der Waals surface area contributed by atoms with Gasteiger partial charge in [0.1, 0.15) is 0 Å². The number of hydrogen-bond acceptors (Lipinski definition) is 2. The van der Waals surface area contributed by atoms with Crippen LogP contribution >= 0.6 is 0 Å². The Morgan fingerprint density at radius 3 is 1.71 bits per heavy atom. The van der Waals surface area contributed by atoms with Gasteiger partial charge in [0, 0.05) is 11.1 Å². The lowest BCUT2D eigenvalue weighted by atomic mass is 9.91. The smallest absolute Gasteiger partial charge is 0.159 e. The summed E-state index contributed by atoms with van der Waals surface area (Å²) in [6.45, 7) is 3.13. The molecule has 0 heterocycles. The average molecular weight is 314 g/mol. The van der Waals surface area contributed by atoms with E-state index in [4.69, 9.17) is 0 Å². The highest BCUT2D eigenvalue weighted by atomic mass is 16.1. The van der Waals surface area contributed by atoms with Crippen LogP contribution in [-0.2, 0) is 0 Å². The molecule has 24 heavy (non-hydrogen) atoms. The molecule has 0 fully saturated rings. The molecule has 0 unspecified atom stereocenters. The van der Waals surface area contributed by atoms with Gasteiger partial charge in [0.25, 0.3) is 0 Å². The molecule has 0 N–H and O–H groups in total. The van der Waals surface area contributed by atoms with Gasteiger partial charge < -0.3 is 0 Å². The molecule has 0 saturated heterocycles. The van der Waals surface area contributed by atoms with E-state index in [1.807, 2.05) is 60.7 Å². The summed E-state index contributed by atoms with van der Waals surface area (Å²) in [5.74, 6) is 0.0820. The number of hydrogen-bond donors (Lipinski definition) is 0. The van der Waals surface area contributed by atoms with E-state index in [0.717, 1.165) is 22.3 Å². The Balaban J connectivity index is 2.18. The molecule has 3 aromatic rings. The minimum absolute atomic E-state index is 0.0382. The van der Waals surface area contributed by atoms with Crippen LogP contribution in [0.25, 0.3) is 22.3 Å². The fourth-order valence-electron chi connectivity index (χ4n) is 2.76. The lowest BCUT2D eigenvalue weighted by Gasteiger charge is -2.12. The van der Waals surface area contributed by atoms with Gasteiger partial charge >= 0.3 is 0 Å². The zero-order valence-corrected chi connectivity index (χ0v) is 13.7. The number of carbonyl (C=O) groups excluding carboxylic acids is 2. The van der Waals surface area contributed by atoms with Crippen LogP contribution in [0.2, 0.25) is 0 Å². The van der Waals surface area contributed by atoms with Crippen LogP contribution in [0.1, 0.15) is 34.6 Å². The summed E-state index contributed by atoms with van der Waals surface area (Å²) in [5, 5.41) is 0. The van der Waals surface area contributed by atoms with Crippen molar-refractivity contribution in [1.29, 1.82) is 0 Å². The van der Waals surface area contributed by atoms with Gasteiger partial charge in [-0.1, -0.05) is 66.7 Å². The molecule has 0 bridgehead atoms. The first-order valence-corrected chi connectivity index (χ1v) is 7.88. The van der Waals surface area contributed by atoms with E-state index in [0.29, 0.717) is 11.1 Å². The van der Waals surface area contributed by atoms with E-state index < -0.39 is 0 Å². The Morgan fingerprint density at radius 2 is 1.12 bits per heavy atom. The van der Waals surface area contributed by atoms with Crippen LogP contribution in [0.4, 0.5) is 0 Å². The molecule has 2 nitrogen and oxygen atoms in total. The van der Waals surface area contributed by atoms with Crippen molar-refractivity contribution in [1.82, 2.24) is 0 Å². The van der Waals surface area contributed by atoms with Crippen molar-refractivity contribution in [3.63, 3.8) is 0 Å². The number of benzene rings is 3. The predicted molar refractivity (Wildman–Crippen MR) is 97.3 cm³/mol. The van der Waals surface area contributed by atoms with E-state index in [9.17, 15) is 9.59 Å². The van der Waals surface area contributed by atoms with Crippen LogP contribution < -0.4 is 0 Å². The van der Waals surface area contributed by atoms with Gasteiger partial charge in [0.15, 0.2) is 11.6 Å². The lowest BCUT2D eigenvalue weighted by Crippen LogP contribution is -1.95. The normalized spacial score (nSPS) is 10.4. The van der Waals surface area contributed by atoms with Crippen molar-refractivity contribution in [2.45, 2.75) is 13.8 Å². The highest BCUT2D eigenvalue weighted by molar-refractivity contribution is 5.98. The minimum Gasteiger partial charge on any atom is -0.295 e. The molecule has 118 valence electrons. The molecule has 0 spiro atoms. The SMILES string of the molecule is CC(=O)c1ccc(-c2cc(C(C)=O)ccc2-c2ccccc2)cc1. The fourth-order valence-corrected chi connectivity index (χ4v) is 2.76. The van der Waals surface area contributed by atoms with Crippen molar-refractivity contribution >= 4 is 11.6 Å². The summed E-state index contributed by atoms with van der Waals surface area (Å²) >= 11 is 0. The van der Waals surface area contributed by atoms with Crippen LogP contribution in [-0.4, -0.2) is 11.6 Å². The number of carbonyl (C=O) groups is 2. The molecule has 0 radical (unpaired) electrons. The zero-order valence-electron chi connectivity index (χ0n) is 13.7. The van der Waals surface area contributed by atoms with E-state index in [1.165, 1.54) is 0 Å². The van der Waals surface area contributed by atoms with E-state index in [1.54, 1.807) is 13.8 Å². The Morgan fingerprint density at radius 1 is 0.583 bits per heavy atom. The van der Waals surface area contributed by atoms with Crippen LogP contribution in [0.5, 0.6) is 0 Å². The fraction of sp³-hybridized carbons (Fsp3) is 0.0909. The van der Waals surface area contributed by atoms with E-state index in [-0.39, 0.29) is 11.6 Å².